The Morgan fingerprint density at radius 2 is 0.913 bits per heavy atom. The molecule has 1 aliphatic rings. The van der Waals surface area contributed by atoms with E-state index in [1.54, 1.807) is 0 Å². The highest BCUT2D eigenvalue weighted by Crippen LogP contribution is 2.46. The molecule has 2 heterocycles. The van der Waals surface area contributed by atoms with Gasteiger partial charge in [-0.1, -0.05) is 111 Å². The molecule has 0 amide bonds. The lowest BCUT2D eigenvalue weighted by molar-refractivity contribution is 0.446. The molecule has 0 unspecified atom stereocenters. The predicted molar refractivity (Wildman–Crippen MR) is 202 cm³/mol. The average Bonchev–Trinajstić information content (AvgIpc) is 3.56. The van der Waals surface area contributed by atoms with Crippen LogP contribution in [0, 0.1) is 0 Å². The van der Waals surface area contributed by atoms with E-state index < -0.39 is 0 Å². The standard InChI is InChI=1S/C43H35NS2/c1-2-11-27-43(26-10-1,30-12-4-3-5-13-30)31-18-20-32(21-19-31)44(33-23-25-41-38(28-33)36-15-7-9-17-40(36)45-41)34-22-24-37-35-14-6-8-16-39(35)46-42(37)29-34/h3-9,12-25,28-29H,1-2,10-11,26-27H2. The van der Waals surface area contributed by atoms with E-state index in [0.29, 0.717) is 0 Å². The molecular weight excluding hydrogens is 595 g/mol. The van der Waals surface area contributed by atoms with E-state index in [2.05, 4.69) is 144 Å². The minimum Gasteiger partial charge on any atom is -0.310 e. The van der Waals surface area contributed by atoms with Gasteiger partial charge < -0.3 is 4.90 Å². The fourth-order valence-corrected chi connectivity index (χ4v) is 10.1. The van der Waals surface area contributed by atoms with Crippen molar-refractivity contribution in [1.29, 1.82) is 0 Å². The van der Waals surface area contributed by atoms with Crippen molar-refractivity contribution < 1.29 is 0 Å². The van der Waals surface area contributed by atoms with Crippen molar-refractivity contribution in [2.45, 2.75) is 43.9 Å². The van der Waals surface area contributed by atoms with Crippen LogP contribution in [0.25, 0.3) is 40.3 Å². The largest absolute Gasteiger partial charge is 0.310 e. The van der Waals surface area contributed by atoms with Crippen molar-refractivity contribution in [2.24, 2.45) is 0 Å². The van der Waals surface area contributed by atoms with Gasteiger partial charge in [-0.3, -0.25) is 0 Å². The molecule has 1 nitrogen and oxygen atoms in total. The first-order chi connectivity index (χ1) is 22.8. The van der Waals surface area contributed by atoms with Crippen LogP contribution in [0.4, 0.5) is 17.1 Å². The summed E-state index contributed by atoms with van der Waals surface area (Å²) >= 11 is 3.76. The Morgan fingerprint density at radius 3 is 1.65 bits per heavy atom. The summed E-state index contributed by atoms with van der Waals surface area (Å²) < 4.78 is 5.33. The zero-order valence-corrected chi connectivity index (χ0v) is 27.4. The van der Waals surface area contributed by atoms with E-state index in [4.69, 9.17) is 0 Å². The maximum atomic E-state index is 2.46. The van der Waals surface area contributed by atoms with Gasteiger partial charge in [0.25, 0.3) is 0 Å². The number of hydrogen-bond donors (Lipinski definition) is 0. The minimum atomic E-state index is 0.0750. The van der Waals surface area contributed by atoms with Gasteiger partial charge in [0.05, 0.1) is 0 Å². The monoisotopic (exact) mass is 629 g/mol. The van der Waals surface area contributed by atoms with Crippen LogP contribution in [-0.2, 0) is 5.41 Å². The van der Waals surface area contributed by atoms with Crippen LogP contribution in [0.2, 0.25) is 0 Å². The van der Waals surface area contributed by atoms with Gasteiger partial charge in [-0.05, 0) is 78.6 Å². The van der Waals surface area contributed by atoms with Crippen molar-refractivity contribution in [3.63, 3.8) is 0 Å². The van der Waals surface area contributed by atoms with Crippen molar-refractivity contribution >= 4 is 80.1 Å². The Kier molecular flexibility index (Phi) is 6.91. The molecular formula is C43H35NS2. The van der Waals surface area contributed by atoms with E-state index in [-0.39, 0.29) is 5.41 Å². The van der Waals surface area contributed by atoms with Crippen molar-refractivity contribution in [1.82, 2.24) is 0 Å². The summed E-state index contributed by atoms with van der Waals surface area (Å²) in [7, 11) is 0. The lowest BCUT2D eigenvalue weighted by Crippen LogP contribution is -2.27. The molecule has 0 radical (unpaired) electrons. The van der Waals surface area contributed by atoms with Crippen LogP contribution in [0.15, 0.2) is 140 Å². The maximum absolute atomic E-state index is 2.46. The zero-order chi connectivity index (χ0) is 30.5. The highest BCUT2D eigenvalue weighted by molar-refractivity contribution is 7.26. The quantitative estimate of drug-likeness (QED) is 0.171. The number of nitrogens with zero attached hydrogens (tertiary/aromatic N) is 1. The van der Waals surface area contributed by atoms with E-state index in [1.807, 2.05) is 22.7 Å². The normalized spacial score (nSPS) is 15.0. The first-order valence-electron chi connectivity index (χ1n) is 16.6. The molecule has 0 atom stereocenters. The summed E-state index contributed by atoms with van der Waals surface area (Å²) in [6, 6.07) is 52.5. The number of hydrogen-bond acceptors (Lipinski definition) is 3. The van der Waals surface area contributed by atoms with Gasteiger partial charge in [0.2, 0.25) is 0 Å². The molecule has 3 heteroatoms. The zero-order valence-electron chi connectivity index (χ0n) is 25.8. The summed E-state index contributed by atoms with van der Waals surface area (Å²) in [6.07, 6.45) is 7.66. The van der Waals surface area contributed by atoms with Crippen LogP contribution in [0.5, 0.6) is 0 Å². The molecule has 0 saturated heterocycles. The van der Waals surface area contributed by atoms with Crippen molar-refractivity contribution in [2.75, 3.05) is 4.90 Å². The number of anilines is 3. The number of fused-ring (bicyclic) bond motifs is 6. The molecule has 0 spiro atoms. The average molecular weight is 630 g/mol. The number of rotatable bonds is 5. The first kappa shape index (κ1) is 27.8. The Morgan fingerprint density at radius 1 is 0.391 bits per heavy atom. The fraction of sp³-hybridized carbons (Fsp3) is 0.163. The van der Waals surface area contributed by atoms with Crippen molar-refractivity contribution in [3.8, 4) is 0 Å². The lowest BCUT2D eigenvalue weighted by atomic mass is 9.69. The topological polar surface area (TPSA) is 3.24 Å². The second kappa shape index (κ2) is 11.4. The fourth-order valence-electron chi connectivity index (χ4n) is 7.92. The van der Waals surface area contributed by atoms with Crippen LogP contribution < -0.4 is 4.90 Å². The second-order valence-electron chi connectivity index (χ2n) is 12.8. The molecule has 0 N–H and O–H groups in total. The highest BCUT2D eigenvalue weighted by atomic mass is 32.1. The SMILES string of the molecule is c1ccc(C2(c3ccc(N(c4ccc5c(c4)sc4ccccc45)c4ccc5sc6ccccc6c5c4)cc3)CCCCCC2)cc1. The molecule has 46 heavy (non-hydrogen) atoms. The molecule has 1 saturated carbocycles. The van der Waals surface area contributed by atoms with E-state index in [9.17, 15) is 0 Å². The number of benzene rings is 6. The molecule has 0 bridgehead atoms. The summed E-state index contributed by atoms with van der Waals surface area (Å²) in [5.41, 5.74) is 6.57. The van der Waals surface area contributed by atoms with Gasteiger partial charge in [-0.2, -0.15) is 0 Å². The van der Waals surface area contributed by atoms with Crippen LogP contribution in [0.1, 0.15) is 49.7 Å². The first-order valence-corrected chi connectivity index (χ1v) is 18.2. The summed E-state index contributed by atoms with van der Waals surface area (Å²) in [5.74, 6) is 0. The van der Waals surface area contributed by atoms with E-state index in [1.165, 1.54) is 107 Å². The summed E-state index contributed by atoms with van der Waals surface area (Å²) in [5, 5.41) is 5.32. The van der Waals surface area contributed by atoms with Crippen LogP contribution in [0.3, 0.4) is 0 Å². The lowest BCUT2D eigenvalue weighted by Gasteiger charge is -2.35. The predicted octanol–water partition coefficient (Wildman–Crippen LogP) is 13.5. The second-order valence-corrected chi connectivity index (χ2v) is 15.0. The van der Waals surface area contributed by atoms with Crippen LogP contribution >= 0.6 is 22.7 Å². The molecule has 1 fully saturated rings. The third-order valence-corrected chi connectivity index (χ3v) is 12.5. The van der Waals surface area contributed by atoms with Crippen molar-refractivity contribution in [3.05, 3.63) is 151 Å². The highest BCUT2D eigenvalue weighted by Gasteiger charge is 2.34. The third-order valence-electron chi connectivity index (χ3n) is 10.2. The Bertz CT molecular complexity index is 2320. The molecule has 2 aromatic heterocycles. The van der Waals surface area contributed by atoms with Gasteiger partial charge in [0, 0.05) is 62.8 Å². The Labute approximate surface area is 278 Å². The number of thiophene rings is 2. The molecule has 8 aromatic rings. The maximum Gasteiger partial charge on any atom is 0.0476 e. The molecule has 1 aliphatic carbocycles. The molecule has 9 rings (SSSR count). The Hall–Kier alpha value is -4.44. The Balaban J connectivity index is 1.21. The third kappa shape index (κ3) is 4.64. The van der Waals surface area contributed by atoms with Gasteiger partial charge in [0.1, 0.15) is 0 Å². The smallest absolute Gasteiger partial charge is 0.0476 e. The molecule has 0 aliphatic heterocycles. The van der Waals surface area contributed by atoms with Gasteiger partial charge in [-0.25, -0.2) is 0 Å². The van der Waals surface area contributed by atoms with Crippen LogP contribution in [-0.4, -0.2) is 0 Å². The summed E-state index contributed by atoms with van der Waals surface area (Å²) in [4.78, 5) is 2.46. The van der Waals surface area contributed by atoms with Gasteiger partial charge >= 0.3 is 0 Å². The minimum absolute atomic E-state index is 0.0750. The van der Waals surface area contributed by atoms with E-state index in [0.717, 1.165) is 0 Å². The molecule has 224 valence electrons. The van der Waals surface area contributed by atoms with E-state index >= 15 is 0 Å². The van der Waals surface area contributed by atoms with Gasteiger partial charge in [0.15, 0.2) is 0 Å². The van der Waals surface area contributed by atoms with Gasteiger partial charge in [-0.15, -0.1) is 22.7 Å². The summed E-state index contributed by atoms with van der Waals surface area (Å²) in [6.45, 7) is 0. The molecule has 6 aromatic carbocycles.